The maximum absolute atomic E-state index is 13.1. The van der Waals surface area contributed by atoms with E-state index < -0.39 is 12.1 Å². The van der Waals surface area contributed by atoms with E-state index in [2.05, 4.69) is 5.32 Å². The Labute approximate surface area is 189 Å². The molecular formula is C25H32N2O5. The maximum atomic E-state index is 13.1. The van der Waals surface area contributed by atoms with Crippen molar-refractivity contribution in [1.82, 2.24) is 10.2 Å². The van der Waals surface area contributed by atoms with Gasteiger partial charge in [0.2, 0.25) is 0 Å². The summed E-state index contributed by atoms with van der Waals surface area (Å²) < 4.78 is 6.15. The van der Waals surface area contributed by atoms with Crippen LogP contribution in [0.2, 0.25) is 0 Å². The molecule has 2 aromatic carbocycles. The van der Waals surface area contributed by atoms with Gasteiger partial charge < -0.3 is 25.2 Å². The number of nitrogens with one attached hydrogen (secondary N) is 1. The van der Waals surface area contributed by atoms with Crippen LogP contribution in [-0.4, -0.2) is 52.3 Å². The number of hydrogen-bond donors (Lipinski definition) is 3. The van der Waals surface area contributed by atoms with Crippen LogP contribution in [0, 0.1) is 0 Å². The molecule has 2 aromatic rings. The molecule has 3 rings (SSSR count). The second-order valence-electron chi connectivity index (χ2n) is 9.27. The first-order valence-corrected chi connectivity index (χ1v) is 10.9. The highest BCUT2D eigenvalue weighted by atomic mass is 16.5. The summed E-state index contributed by atoms with van der Waals surface area (Å²) in [5.41, 5.74) is 1.78. The van der Waals surface area contributed by atoms with Crippen LogP contribution in [0.25, 0.3) is 0 Å². The molecule has 0 aliphatic carbocycles. The third-order valence-electron chi connectivity index (χ3n) is 5.74. The second-order valence-corrected chi connectivity index (χ2v) is 9.27. The van der Waals surface area contributed by atoms with Crippen molar-refractivity contribution >= 4 is 12.0 Å². The number of phenols is 1. The molecule has 7 nitrogen and oxygen atoms in total. The van der Waals surface area contributed by atoms with Gasteiger partial charge in [-0.05, 0) is 42.0 Å². The lowest BCUT2D eigenvalue weighted by atomic mass is 9.85. The first kappa shape index (κ1) is 23.6. The lowest BCUT2D eigenvalue weighted by Gasteiger charge is -2.29. The van der Waals surface area contributed by atoms with Gasteiger partial charge in [-0.2, -0.15) is 0 Å². The molecule has 2 atom stereocenters. The van der Waals surface area contributed by atoms with E-state index in [1.54, 1.807) is 12.1 Å². The normalized spacial score (nSPS) is 19.3. The zero-order chi connectivity index (χ0) is 23.3. The van der Waals surface area contributed by atoms with Gasteiger partial charge in [-0.25, -0.2) is 4.79 Å². The Morgan fingerprint density at radius 3 is 2.53 bits per heavy atom. The summed E-state index contributed by atoms with van der Waals surface area (Å²) in [6.07, 6.45) is -0.0223. The predicted octanol–water partition coefficient (Wildman–Crippen LogP) is 4.15. The summed E-state index contributed by atoms with van der Waals surface area (Å²) >= 11 is 0. The van der Waals surface area contributed by atoms with E-state index >= 15 is 0 Å². The van der Waals surface area contributed by atoms with E-state index in [1.165, 1.54) is 11.0 Å². The molecule has 0 spiro atoms. The van der Waals surface area contributed by atoms with E-state index in [1.807, 2.05) is 51.1 Å². The van der Waals surface area contributed by atoms with Gasteiger partial charge in [0.25, 0.3) is 5.91 Å². The third kappa shape index (κ3) is 6.01. The van der Waals surface area contributed by atoms with Crippen LogP contribution in [0.5, 0.6) is 5.75 Å². The van der Waals surface area contributed by atoms with Gasteiger partial charge in [0.1, 0.15) is 5.75 Å². The molecular weight excluding hydrogens is 408 g/mol. The second kappa shape index (κ2) is 10.0. The molecule has 172 valence electrons. The summed E-state index contributed by atoms with van der Waals surface area (Å²) in [7, 11) is 0. The minimum absolute atomic E-state index is 0.143. The van der Waals surface area contributed by atoms with E-state index in [0.29, 0.717) is 37.1 Å². The summed E-state index contributed by atoms with van der Waals surface area (Å²) in [5.74, 6) is -0.175. The number of benzene rings is 2. The summed E-state index contributed by atoms with van der Waals surface area (Å²) in [4.78, 5) is 26.1. The minimum Gasteiger partial charge on any atom is -0.508 e. The van der Waals surface area contributed by atoms with Crippen LogP contribution in [-0.2, 0) is 16.8 Å². The molecule has 0 radical (unpaired) electrons. The molecule has 32 heavy (non-hydrogen) atoms. The Bertz CT molecular complexity index is 939. The SMILES string of the molecule is CC(C)(C)c1cc(C(=O)N[C@@H]2CN(C(=O)O)CCC[C@H]2OCc2ccccc2)ccc1O. The van der Waals surface area contributed by atoms with Crippen LogP contribution in [0.3, 0.4) is 0 Å². The number of rotatable bonds is 5. The fourth-order valence-corrected chi connectivity index (χ4v) is 3.95. The number of phenolic OH excluding ortho intramolecular Hbond substituents is 1. The number of nitrogens with zero attached hydrogens (tertiary/aromatic N) is 1. The fourth-order valence-electron chi connectivity index (χ4n) is 3.95. The third-order valence-corrected chi connectivity index (χ3v) is 5.74. The van der Waals surface area contributed by atoms with E-state index in [0.717, 1.165) is 5.56 Å². The number of ether oxygens (including phenoxy) is 1. The molecule has 0 saturated carbocycles. The first-order valence-electron chi connectivity index (χ1n) is 10.9. The van der Waals surface area contributed by atoms with Crippen LogP contribution >= 0.6 is 0 Å². The van der Waals surface area contributed by atoms with Gasteiger partial charge in [0.15, 0.2) is 0 Å². The molecule has 1 aliphatic rings. The van der Waals surface area contributed by atoms with Crippen LogP contribution in [0.15, 0.2) is 48.5 Å². The Balaban J connectivity index is 1.79. The highest BCUT2D eigenvalue weighted by molar-refractivity contribution is 5.95. The number of carbonyl (C=O) groups excluding carboxylic acids is 1. The lowest BCUT2D eigenvalue weighted by molar-refractivity contribution is 0.0106. The molecule has 1 aliphatic heterocycles. The van der Waals surface area contributed by atoms with Crippen molar-refractivity contribution < 1.29 is 24.5 Å². The molecule has 3 N–H and O–H groups in total. The first-order chi connectivity index (χ1) is 15.1. The number of amides is 2. The molecule has 1 heterocycles. The van der Waals surface area contributed by atoms with Crippen molar-refractivity contribution in [3.05, 3.63) is 65.2 Å². The molecule has 2 amide bonds. The zero-order valence-electron chi connectivity index (χ0n) is 18.9. The smallest absolute Gasteiger partial charge is 0.407 e. The highest BCUT2D eigenvalue weighted by Gasteiger charge is 2.31. The number of carboxylic acid groups (broad SMARTS) is 1. The fraction of sp³-hybridized carbons (Fsp3) is 0.440. The monoisotopic (exact) mass is 440 g/mol. The molecule has 1 fully saturated rings. The number of likely N-dealkylation sites (tertiary alicyclic amines) is 1. The Hall–Kier alpha value is -3.06. The number of hydrogen-bond acceptors (Lipinski definition) is 4. The average molecular weight is 441 g/mol. The quantitative estimate of drug-likeness (QED) is 0.649. The molecule has 0 aromatic heterocycles. The van der Waals surface area contributed by atoms with Gasteiger partial charge in [-0.3, -0.25) is 4.79 Å². The average Bonchev–Trinajstić information content (AvgIpc) is 2.94. The number of aromatic hydroxyl groups is 1. The van der Waals surface area contributed by atoms with Crippen molar-refractivity contribution in [3.8, 4) is 5.75 Å². The van der Waals surface area contributed by atoms with Crippen LogP contribution in [0.1, 0.15) is 55.1 Å². The van der Waals surface area contributed by atoms with Crippen LogP contribution < -0.4 is 5.32 Å². The van der Waals surface area contributed by atoms with Crippen LogP contribution in [0.4, 0.5) is 4.79 Å². The summed E-state index contributed by atoms with van der Waals surface area (Å²) in [5, 5.41) is 22.7. The minimum atomic E-state index is -1.01. The highest BCUT2D eigenvalue weighted by Crippen LogP contribution is 2.31. The van der Waals surface area contributed by atoms with Gasteiger partial charge in [0.05, 0.1) is 18.8 Å². The van der Waals surface area contributed by atoms with Gasteiger partial charge in [-0.15, -0.1) is 0 Å². The largest absolute Gasteiger partial charge is 0.508 e. The van der Waals surface area contributed by atoms with E-state index in [-0.39, 0.29) is 29.7 Å². The van der Waals surface area contributed by atoms with Crippen molar-refractivity contribution in [3.63, 3.8) is 0 Å². The number of carbonyl (C=O) groups is 2. The lowest BCUT2D eigenvalue weighted by Crippen LogP contribution is -2.50. The van der Waals surface area contributed by atoms with Crippen molar-refractivity contribution in [2.24, 2.45) is 0 Å². The van der Waals surface area contributed by atoms with Crippen molar-refractivity contribution in [2.75, 3.05) is 13.1 Å². The summed E-state index contributed by atoms with van der Waals surface area (Å²) in [6, 6.07) is 14.1. The Morgan fingerprint density at radius 1 is 1.16 bits per heavy atom. The Kier molecular flexibility index (Phi) is 7.40. The van der Waals surface area contributed by atoms with E-state index in [4.69, 9.17) is 4.74 Å². The zero-order valence-corrected chi connectivity index (χ0v) is 18.9. The van der Waals surface area contributed by atoms with Gasteiger partial charge in [0, 0.05) is 24.2 Å². The molecule has 0 bridgehead atoms. The van der Waals surface area contributed by atoms with Crippen molar-refractivity contribution in [2.45, 2.75) is 57.8 Å². The van der Waals surface area contributed by atoms with Gasteiger partial charge in [-0.1, -0.05) is 51.1 Å². The molecule has 7 heteroatoms. The topological polar surface area (TPSA) is 99.1 Å². The van der Waals surface area contributed by atoms with Crippen molar-refractivity contribution in [1.29, 1.82) is 0 Å². The predicted molar refractivity (Wildman–Crippen MR) is 122 cm³/mol. The summed E-state index contributed by atoms with van der Waals surface area (Å²) in [6.45, 7) is 6.84. The molecule has 0 unspecified atom stereocenters. The Morgan fingerprint density at radius 2 is 1.88 bits per heavy atom. The van der Waals surface area contributed by atoms with Gasteiger partial charge >= 0.3 is 6.09 Å². The standard InChI is InChI=1S/C25H32N2O5/c1-25(2,3)19-14-18(11-12-21(19)28)23(29)26-20-15-27(24(30)31)13-7-10-22(20)32-16-17-8-5-4-6-9-17/h4-6,8-9,11-12,14,20,22,28H,7,10,13,15-16H2,1-3H3,(H,26,29)(H,30,31)/t20-,22-/m1/s1. The molecule has 1 saturated heterocycles. The van der Waals surface area contributed by atoms with E-state index in [9.17, 15) is 19.8 Å². The maximum Gasteiger partial charge on any atom is 0.407 e.